The molecule has 33 heavy (non-hydrogen) atoms. The predicted octanol–water partition coefficient (Wildman–Crippen LogP) is 5.03. The lowest BCUT2D eigenvalue weighted by Crippen LogP contribution is -2.27. The highest BCUT2D eigenvalue weighted by Crippen LogP contribution is 2.34. The quantitative estimate of drug-likeness (QED) is 0.392. The summed E-state index contributed by atoms with van der Waals surface area (Å²) in [5.74, 6) is 0.214. The van der Waals surface area contributed by atoms with Crippen molar-refractivity contribution in [3.8, 4) is 16.8 Å². The molecule has 2 N–H and O–H groups in total. The number of halogens is 2. The number of carbonyl (C=O) groups is 2. The number of ether oxygens (including phenoxy) is 1. The number of benzene rings is 2. The highest BCUT2D eigenvalue weighted by molar-refractivity contribution is 6.42. The Morgan fingerprint density at radius 2 is 1.76 bits per heavy atom. The fourth-order valence-corrected chi connectivity index (χ4v) is 3.67. The van der Waals surface area contributed by atoms with Crippen LogP contribution in [0.25, 0.3) is 16.8 Å². The number of nitrogens with one attached hydrogen (secondary N) is 2. The van der Waals surface area contributed by atoms with Gasteiger partial charge in [-0.15, -0.1) is 0 Å². The van der Waals surface area contributed by atoms with Crippen LogP contribution in [0.5, 0.6) is 0 Å². The van der Waals surface area contributed by atoms with Crippen LogP contribution in [0.15, 0.2) is 48.5 Å². The summed E-state index contributed by atoms with van der Waals surface area (Å²) in [5.41, 5.74) is 3.16. The van der Waals surface area contributed by atoms with Crippen molar-refractivity contribution in [3.05, 3.63) is 64.3 Å². The molecule has 0 fully saturated rings. The van der Waals surface area contributed by atoms with Gasteiger partial charge in [0.1, 0.15) is 5.82 Å². The lowest BCUT2D eigenvalue weighted by molar-refractivity contribution is -0.121. The van der Waals surface area contributed by atoms with Crippen molar-refractivity contribution in [1.82, 2.24) is 15.1 Å². The predicted molar refractivity (Wildman–Crippen MR) is 131 cm³/mol. The summed E-state index contributed by atoms with van der Waals surface area (Å²) in [6.45, 7) is 2.78. The maximum absolute atomic E-state index is 12.8. The lowest BCUT2D eigenvalue weighted by atomic mass is 10.1. The number of methoxy groups -OCH3 is 1. The zero-order valence-corrected chi connectivity index (χ0v) is 20.0. The minimum atomic E-state index is -0.210. The van der Waals surface area contributed by atoms with Crippen LogP contribution in [0.4, 0.5) is 5.82 Å². The normalized spacial score (nSPS) is 10.8. The molecule has 0 saturated carbocycles. The van der Waals surface area contributed by atoms with E-state index in [9.17, 15) is 9.59 Å². The standard InChI is InChI=1S/C24H26Cl2N4O3/c1-16-23(17-7-4-3-5-8-17)24(30(29-16)18-11-12-19(25)20(26)15-18)28-22(32)10-6-9-21(31)27-13-14-33-2/h3-5,7-8,11-12,15H,6,9-10,13-14H2,1-2H3,(H,27,31)(H,28,32). The van der Waals surface area contributed by atoms with Gasteiger partial charge in [0, 0.05) is 32.1 Å². The summed E-state index contributed by atoms with van der Waals surface area (Å²) in [5, 5.41) is 11.2. The summed E-state index contributed by atoms with van der Waals surface area (Å²) in [6.07, 6.45) is 0.872. The molecular weight excluding hydrogens is 463 g/mol. The molecule has 174 valence electrons. The molecule has 2 aromatic carbocycles. The lowest BCUT2D eigenvalue weighted by Gasteiger charge is -2.12. The Labute approximate surface area is 203 Å². The molecule has 3 aromatic rings. The van der Waals surface area contributed by atoms with E-state index in [4.69, 9.17) is 27.9 Å². The number of nitrogens with zero attached hydrogens (tertiary/aromatic N) is 2. The van der Waals surface area contributed by atoms with Gasteiger partial charge in [-0.1, -0.05) is 53.5 Å². The van der Waals surface area contributed by atoms with Crippen LogP contribution in [0.1, 0.15) is 25.0 Å². The van der Waals surface area contributed by atoms with Gasteiger partial charge < -0.3 is 15.4 Å². The number of anilines is 1. The van der Waals surface area contributed by atoms with Gasteiger partial charge in [0.25, 0.3) is 0 Å². The Morgan fingerprint density at radius 1 is 1.03 bits per heavy atom. The summed E-state index contributed by atoms with van der Waals surface area (Å²) in [4.78, 5) is 24.7. The zero-order valence-electron chi connectivity index (χ0n) is 18.5. The Bertz CT molecular complexity index is 1120. The van der Waals surface area contributed by atoms with Gasteiger partial charge in [0.2, 0.25) is 11.8 Å². The number of amides is 2. The average molecular weight is 489 g/mol. The number of aromatic nitrogens is 2. The highest BCUT2D eigenvalue weighted by Gasteiger charge is 2.20. The second-order valence-corrected chi connectivity index (χ2v) is 8.24. The van der Waals surface area contributed by atoms with Crippen LogP contribution in [0.2, 0.25) is 10.0 Å². The Kier molecular flexibility index (Phi) is 8.88. The van der Waals surface area contributed by atoms with Crippen LogP contribution in [-0.2, 0) is 14.3 Å². The van der Waals surface area contributed by atoms with Crippen molar-refractivity contribution in [2.45, 2.75) is 26.2 Å². The van der Waals surface area contributed by atoms with E-state index in [1.165, 1.54) is 0 Å². The maximum Gasteiger partial charge on any atom is 0.225 e. The van der Waals surface area contributed by atoms with Crippen molar-refractivity contribution >= 4 is 40.8 Å². The third kappa shape index (κ3) is 6.57. The van der Waals surface area contributed by atoms with Crippen LogP contribution >= 0.6 is 23.2 Å². The van der Waals surface area contributed by atoms with E-state index < -0.39 is 0 Å². The molecule has 7 nitrogen and oxygen atoms in total. The third-order valence-corrected chi connectivity index (χ3v) is 5.70. The monoisotopic (exact) mass is 488 g/mol. The Hall–Kier alpha value is -2.87. The average Bonchev–Trinajstić information content (AvgIpc) is 3.12. The molecule has 0 atom stereocenters. The van der Waals surface area contributed by atoms with Crippen LogP contribution < -0.4 is 10.6 Å². The second kappa shape index (κ2) is 11.8. The van der Waals surface area contributed by atoms with Gasteiger partial charge in [0.15, 0.2) is 0 Å². The van der Waals surface area contributed by atoms with Crippen LogP contribution in [-0.4, -0.2) is 41.9 Å². The Morgan fingerprint density at radius 3 is 2.45 bits per heavy atom. The molecule has 9 heteroatoms. The number of hydrogen-bond acceptors (Lipinski definition) is 4. The summed E-state index contributed by atoms with van der Waals surface area (Å²) in [6, 6.07) is 14.9. The van der Waals surface area contributed by atoms with Crippen LogP contribution in [0.3, 0.4) is 0 Å². The second-order valence-electron chi connectivity index (χ2n) is 7.43. The summed E-state index contributed by atoms with van der Waals surface area (Å²) < 4.78 is 6.56. The molecule has 1 aromatic heterocycles. The Balaban J connectivity index is 1.82. The van der Waals surface area contributed by atoms with Crippen molar-refractivity contribution < 1.29 is 14.3 Å². The minimum absolute atomic E-state index is 0.110. The number of hydrogen-bond donors (Lipinski definition) is 2. The van der Waals surface area contributed by atoms with E-state index in [0.717, 1.165) is 16.8 Å². The van der Waals surface area contributed by atoms with Crippen molar-refractivity contribution in [3.63, 3.8) is 0 Å². The zero-order chi connectivity index (χ0) is 23.8. The first-order chi connectivity index (χ1) is 15.9. The molecule has 3 rings (SSSR count). The molecule has 2 amide bonds. The highest BCUT2D eigenvalue weighted by atomic mass is 35.5. The van der Waals surface area contributed by atoms with Crippen molar-refractivity contribution in [2.24, 2.45) is 0 Å². The summed E-state index contributed by atoms with van der Waals surface area (Å²) in [7, 11) is 1.57. The molecule has 0 bridgehead atoms. The molecular formula is C24H26Cl2N4O3. The number of carbonyl (C=O) groups excluding carboxylic acids is 2. The fourth-order valence-electron chi connectivity index (χ4n) is 3.38. The van der Waals surface area contributed by atoms with Crippen LogP contribution in [0, 0.1) is 6.92 Å². The van der Waals surface area contributed by atoms with Crippen molar-refractivity contribution in [1.29, 1.82) is 0 Å². The topological polar surface area (TPSA) is 85.2 Å². The molecule has 0 aliphatic rings. The molecule has 0 radical (unpaired) electrons. The molecule has 0 saturated heterocycles. The number of aryl methyl sites for hydroxylation is 1. The molecule has 0 spiro atoms. The van der Waals surface area contributed by atoms with Gasteiger partial charge in [-0.25, -0.2) is 4.68 Å². The maximum atomic E-state index is 12.8. The van der Waals surface area contributed by atoms with E-state index in [1.807, 2.05) is 37.3 Å². The summed E-state index contributed by atoms with van der Waals surface area (Å²) >= 11 is 12.3. The van der Waals surface area contributed by atoms with E-state index >= 15 is 0 Å². The SMILES string of the molecule is COCCNC(=O)CCCC(=O)Nc1c(-c2ccccc2)c(C)nn1-c1ccc(Cl)c(Cl)c1. The van der Waals surface area contributed by atoms with E-state index in [-0.39, 0.29) is 24.7 Å². The van der Waals surface area contributed by atoms with Gasteiger partial charge >= 0.3 is 0 Å². The van der Waals surface area contributed by atoms with Gasteiger partial charge in [-0.3, -0.25) is 9.59 Å². The first-order valence-electron chi connectivity index (χ1n) is 10.6. The third-order valence-electron chi connectivity index (χ3n) is 4.96. The molecule has 0 aliphatic heterocycles. The van der Waals surface area contributed by atoms with Gasteiger partial charge in [-0.05, 0) is 37.1 Å². The van der Waals surface area contributed by atoms with Crippen molar-refractivity contribution in [2.75, 3.05) is 25.6 Å². The van der Waals surface area contributed by atoms with E-state index in [0.29, 0.717) is 41.1 Å². The minimum Gasteiger partial charge on any atom is -0.383 e. The van der Waals surface area contributed by atoms with Gasteiger partial charge in [-0.2, -0.15) is 5.10 Å². The first kappa shape index (κ1) is 24.8. The smallest absolute Gasteiger partial charge is 0.225 e. The largest absolute Gasteiger partial charge is 0.383 e. The molecule has 0 aliphatic carbocycles. The number of rotatable bonds is 10. The fraction of sp³-hybridized carbons (Fsp3) is 0.292. The first-order valence-corrected chi connectivity index (χ1v) is 11.3. The molecule has 0 unspecified atom stereocenters. The molecule has 1 heterocycles. The van der Waals surface area contributed by atoms with E-state index in [1.54, 1.807) is 30.0 Å². The van der Waals surface area contributed by atoms with Gasteiger partial charge in [0.05, 0.1) is 28.0 Å². The van der Waals surface area contributed by atoms with E-state index in [2.05, 4.69) is 15.7 Å².